The number of halogens is 1. The minimum absolute atomic E-state index is 0.0164. The Kier molecular flexibility index (Phi) is 11.1. The van der Waals surface area contributed by atoms with Crippen molar-refractivity contribution in [2.45, 2.75) is 12.8 Å². The van der Waals surface area contributed by atoms with Crippen LogP contribution in [0.2, 0.25) is 0 Å². The van der Waals surface area contributed by atoms with Crippen LogP contribution < -0.4 is 18.9 Å². The molecule has 0 fully saturated rings. The van der Waals surface area contributed by atoms with Gasteiger partial charge in [0.15, 0.2) is 23.1 Å². The molecule has 11 nitrogen and oxygen atoms in total. The molecule has 0 radical (unpaired) electrons. The summed E-state index contributed by atoms with van der Waals surface area (Å²) < 4.78 is 35.3. The lowest BCUT2D eigenvalue weighted by Crippen LogP contribution is -2.12. The zero-order valence-corrected chi connectivity index (χ0v) is 22.7. The smallest absolute Gasteiger partial charge is 0.338 e. The van der Waals surface area contributed by atoms with Gasteiger partial charge in [0, 0.05) is 29.1 Å². The number of rotatable bonds is 13. The predicted octanol–water partition coefficient (Wildman–Crippen LogP) is 5.99. The second kappa shape index (κ2) is 15.1. The summed E-state index contributed by atoms with van der Waals surface area (Å²) in [5, 5.41) is 3.25. The van der Waals surface area contributed by atoms with E-state index < -0.39 is 29.7 Å². The molecule has 0 unspecified atom stereocenters. The summed E-state index contributed by atoms with van der Waals surface area (Å²) in [5.74, 6) is -3.94. The van der Waals surface area contributed by atoms with Crippen LogP contribution in [0.4, 0.5) is 4.39 Å². The highest BCUT2D eigenvalue weighted by Crippen LogP contribution is 2.30. The number of aryl methyl sites for hydroxylation is 1. The molecule has 0 saturated carbocycles. The van der Waals surface area contributed by atoms with Gasteiger partial charge in [0.1, 0.15) is 5.75 Å². The lowest BCUT2D eigenvalue weighted by molar-refractivity contribution is -0.134. The van der Waals surface area contributed by atoms with Crippen molar-refractivity contribution in [2.75, 3.05) is 6.54 Å². The zero-order chi connectivity index (χ0) is 31.4. The molecule has 0 saturated heterocycles. The molecule has 0 bridgehead atoms. The van der Waals surface area contributed by atoms with E-state index in [1.807, 2.05) is 0 Å². The lowest BCUT2D eigenvalue weighted by Gasteiger charge is -2.11. The first-order chi connectivity index (χ1) is 20.6. The van der Waals surface area contributed by atoms with Gasteiger partial charge in [-0.3, -0.25) is 4.79 Å². The Morgan fingerprint density at radius 3 is 2.07 bits per heavy atom. The van der Waals surface area contributed by atoms with Crippen LogP contribution in [-0.4, -0.2) is 30.4 Å². The molecule has 3 aromatic carbocycles. The Bertz CT molecular complexity index is 1640. The summed E-state index contributed by atoms with van der Waals surface area (Å²) >= 11 is 0. The van der Waals surface area contributed by atoms with Crippen molar-refractivity contribution in [2.24, 2.45) is 5.11 Å². The topological polar surface area (TPSA) is 154 Å². The van der Waals surface area contributed by atoms with Gasteiger partial charge in [-0.2, -0.15) is 0 Å². The maximum Gasteiger partial charge on any atom is 0.338 e. The molecule has 43 heavy (non-hydrogen) atoms. The van der Waals surface area contributed by atoms with Crippen LogP contribution >= 0.6 is 0 Å². The maximum absolute atomic E-state index is 14.8. The summed E-state index contributed by atoms with van der Waals surface area (Å²) in [7, 11) is 0. The second-order valence-corrected chi connectivity index (χ2v) is 8.56. The van der Waals surface area contributed by atoms with E-state index in [4.69, 9.17) is 24.5 Å². The van der Waals surface area contributed by atoms with Gasteiger partial charge in [-0.15, -0.1) is 0 Å². The van der Waals surface area contributed by atoms with Gasteiger partial charge in [-0.25, -0.2) is 18.8 Å². The van der Waals surface area contributed by atoms with Crippen molar-refractivity contribution in [3.8, 4) is 34.1 Å². The molecule has 0 aromatic heterocycles. The van der Waals surface area contributed by atoms with Gasteiger partial charge in [0.2, 0.25) is 0 Å². The normalized spacial score (nSPS) is 9.98. The summed E-state index contributed by atoms with van der Waals surface area (Å²) in [4.78, 5) is 50.2. The van der Waals surface area contributed by atoms with Gasteiger partial charge < -0.3 is 18.9 Å². The Morgan fingerprint density at radius 2 is 1.44 bits per heavy atom. The molecule has 0 atom stereocenters. The monoisotopic (exact) mass is 585 g/mol. The van der Waals surface area contributed by atoms with Gasteiger partial charge >= 0.3 is 23.9 Å². The first-order valence-electron chi connectivity index (χ1n) is 12.5. The molecule has 0 amide bonds. The van der Waals surface area contributed by atoms with Gasteiger partial charge in [-0.1, -0.05) is 49.1 Å². The number of azide groups is 1. The largest absolute Gasteiger partial charge is 0.423 e. The van der Waals surface area contributed by atoms with E-state index in [9.17, 15) is 23.6 Å². The highest BCUT2D eigenvalue weighted by atomic mass is 19.1. The van der Waals surface area contributed by atoms with Crippen LogP contribution in [0.1, 0.15) is 12.0 Å². The van der Waals surface area contributed by atoms with Gasteiger partial charge in [0.25, 0.3) is 0 Å². The highest BCUT2D eigenvalue weighted by Gasteiger charge is 2.15. The van der Waals surface area contributed by atoms with Crippen molar-refractivity contribution in [1.82, 2.24) is 0 Å². The third-order valence-electron chi connectivity index (χ3n) is 5.55. The van der Waals surface area contributed by atoms with Crippen LogP contribution in [-0.2, 0) is 25.6 Å². The quantitative estimate of drug-likeness (QED) is 0.0592. The molecule has 0 heterocycles. The van der Waals surface area contributed by atoms with Crippen LogP contribution in [0.25, 0.3) is 21.6 Å². The van der Waals surface area contributed by atoms with Gasteiger partial charge in [-0.05, 0) is 65.0 Å². The second-order valence-electron chi connectivity index (χ2n) is 8.56. The first-order valence-corrected chi connectivity index (χ1v) is 12.5. The SMILES string of the molecule is C=CC(=O)Oc1ccc(CCC(=O)Oc2ccc(-c3ccc(OC(=O)C(=C)CN=[N+]=[N-])cc3)cc2F)cc1OC(=O)C=C. The molecule has 3 rings (SSSR count). The number of nitrogens with zero attached hydrogens (tertiary/aromatic N) is 3. The molecular weight excluding hydrogens is 561 g/mol. The zero-order valence-electron chi connectivity index (χ0n) is 22.7. The fraction of sp³-hybridized carbons (Fsp3) is 0.0968. The molecule has 0 aliphatic heterocycles. The average molecular weight is 586 g/mol. The van der Waals surface area contributed by atoms with Crippen molar-refractivity contribution >= 4 is 23.9 Å². The third-order valence-corrected chi connectivity index (χ3v) is 5.55. The fourth-order valence-electron chi connectivity index (χ4n) is 3.43. The number of hydrogen-bond donors (Lipinski definition) is 0. The Hall–Kier alpha value is -6.00. The third kappa shape index (κ3) is 9.27. The summed E-state index contributed by atoms with van der Waals surface area (Å²) in [5.41, 5.74) is 9.93. The molecule has 12 heteroatoms. The molecule has 3 aromatic rings. The van der Waals surface area contributed by atoms with Crippen molar-refractivity contribution in [3.63, 3.8) is 0 Å². The molecule has 0 aliphatic rings. The minimum Gasteiger partial charge on any atom is -0.423 e. The van der Waals surface area contributed by atoms with Crippen LogP contribution in [0.3, 0.4) is 0 Å². The van der Waals surface area contributed by atoms with E-state index in [2.05, 4.69) is 29.8 Å². The fourth-order valence-corrected chi connectivity index (χ4v) is 3.43. The predicted molar refractivity (Wildman–Crippen MR) is 153 cm³/mol. The highest BCUT2D eigenvalue weighted by molar-refractivity contribution is 5.90. The van der Waals surface area contributed by atoms with Crippen LogP contribution in [0.5, 0.6) is 23.0 Å². The summed E-state index contributed by atoms with van der Waals surface area (Å²) in [6, 6.07) is 14.6. The standard InChI is InChI=1S/C31H24FN3O8/c1-4-28(36)42-26-13-6-20(16-27(26)43-29(37)5-2)7-15-30(38)41-25-14-10-22(17-24(25)32)21-8-11-23(12-9-21)40-31(39)19(3)18-34-35-33/h4-6,8-14,16-17H,1-3,7,15,18H2. The Labute approximate surface area is 245 Å². The van der Waals surface area contributed by atoms with Crippen molar-refractivity contribution < 1.29 is 42.5 Å². The Balaban J connectivity index is 1.62. The van der Waals surface area contributed by atoms with E-state index in [0.717, 1.165) is 12.2 Å². The molecule has 0 aliphatic carbocycles. The van der Waals surface area contributed by atoms with E-state index in [1.54, 1.807) is 24.3 Å². The van der Waals surface area contributed by atoms with E-state index >= 15 is 0 Å². The maximum atomic E-state index is 14.8. The molecular formula is C31H24FN3O8. The lowest BCUT2D eigenvalue weighted by atomic mass is 10.1. The summed E-state index contributed by atoms with van der Waals surface area (Å²) in [6.45, 7) is 9.90. The number of esters is 4. The van der Waals surface area contributed by atoms with Crippen LogP contribution in [0, 0.1) is 5.82 Å². The number of hydrogen-bond acceptors (Lipinski definition) is 9. The number of carbonyl (C=O) groups is 4. The molecule has 218 valence electrons. The van der Waals surface area contributed by atoms with Crippen molar-refractivity contribution in [1.29, 1.82) is 0 Å². The van der Waals surface area contributed by atoms with E-state index in [1.165, 1.54) is 36.4 Å². The number of carbonyl (C=O) groups excluding carboxylic acids is 4. The molecule has 0 N–H and O–H groups in total. The average Bonchev–Trinajstić information content (AvgIpc) is 3.01. The Morgan fingerprint density at radius 1 is 0.814 bits per heavy atom. The van der Waals surface area contributed by atoms with E-state index in [0.29, 0.717) is 16.7 Å². The van der Waals surface area contributed by atoms with Crippen LogP contribution in [0.15, 0.2) is 103 Å². The van der Waals surface area contributed by atoms with Gasteiger partial charge in [0.05, 0.1) is 6.54 Å². The summed E-state index contributed by atoms with van der Waals surface area (Å²) in [6.07, 6.45) is 1.88. The number of benzene rings is 3. The minimum atomic E-state index is -0.782. The molecule has 0 spiro atoms. The first kappa shape index (κ1) is 31.5. The van der Waals surface area contributed by atoms with E-state index in [-0.39, 0.29) is 48.0 Å². The van der Waals surface area contributed by atoms with Crippen molar-refractivity contribution in [3.05, 3.63) is 120 Å². The number of ether oxygens (including phenoxy) is 4.